The Labute approximate surface area is 150 Å². The molecule has 0 spiro atoms. The molecule has 128 valence electrons. The molecule has 1 saturated carbocycles. The van der Waals surface area contributed by atoms with Crippen molar-refractivity contribution < 1.29 is 0 Å². The Bertz CT molecular complexity index is 649. The predicted octanol–water partition coefficient (Wildman–Crippen LogP) is 5.19. The van der Waals surface area contributed by atoms with E-state index in [9.17, 15) is 0 Å². The molecule has 0 amide bonds. The minimum atomic E-state index is 0.900. The molecule has 0 radical (unpaired) electrons. The van der Waals surface area contributed by atoms with Crippen LogP contribution < -0.4 is 10.2 Å². The summed E-state index contributed by atoms with van der Waals surface area (Å²) < 4.78 is 0. The van der Waals surface area contributed by atoms with Crippen LogP contribution in [0.5, 0.6) is 0 Å². The van der Waals surface area contributed by atoms with E-state index in [4.69, 9.17) is 0 Å². The van der Waals surface area contributed by atoms with Crippen molar-refractivity contribution in [2.75, 3.05) is 24.5 Å². The molecule has 1 aliphatic heterocycles. The number of fused-ring (bicyclic) bond motifs is 1. The van der Waals surface area contributed by atoms with Gasteiger partial charge in [0, 0.05) is 28.6 Å². The van der Waals surface area contributed by atoms with E-state index in [0.29, 0.717) is 0 Å². The molecular formula is C21H28N2S. The zero-order chi connectivity index (χ0) is 16.4. The number of anilines is 1. The third kappa shape index (κ3) is 3.43. The van der Waals surface area contributed by atoms with Gasteiger partial charge in [-0.05, 0) is 56.2 Å². The number of thioether (sulfide) groups is 1. The molecule has 2 nitrogen and oxygen atoms in total. The lowest BCUT2D eigenvalue weighted by Crippen LogP contribution is -2.35. The summed E-state index contributed by atoms with van der Waals surface area (Å²) in [5.74, 6) is 1.83. The number of nitrogens with one attached hydrogen (secondary N) is 1. The number of benzene rings is 1. The molecule has 2 unspecified atom stereocenters. The van der Waals surface area contributed by atoms with Gasteiger partial charge < -0.3 is 10.2 Å². The van der Waals surface area contributed by atoms with Crippen LogP contribution >= 0.6 is 11.8 Å². The summed E-state index contributed by atoms with van der Waals surface area (Å²) in [4.78, 5) is 5.41. The second-order valence-corrected chi connectivity index (χ2v) is 8.55. The number of hydrogen-bond donors (Lipinski definition) is 1. The van der Waals surface area contributed by atoms with Gasteiger partial charge in [-0.1, -0.05) is 49.4 Å². The van der Waals surface area contributed by atoms with Crippen molar-refractivity contribution in [1.82, 2.24) is 5.32 Å². The molecular weight excluding hydrogens is 312 g/mol. The predicted molar refractivity (Wildman–Crippen MR) is 104 cm³/mol. The van der Waals surface area contributed by atoms with Crippen molar-refractivity contribution in [3.05, 3.63) is 47.0 Å². The van der Waals surface area contributed by atoms with Crippen LogP contribution in [0.3, 0.4) is 0 Å². The van der Waals surface area contributed by atoms with E-state index in [2.05, 4.69) is 53.6 Å². The fraction of sp³-hybridized carbons (Fsp3) is 0.524. The van der Waals surface area contributed by atoms with Gasteiger partial charge in [-0.25, -0.2) is 0 Å². The fourth-order valence-electron chi connectivity index (χ4n) is 4.28. The molecule has 1 aromatic carbocycles. The van der Waals surface area contributed by atoms with Gasteiger partial charge in [0.2, 0.25) is 0 Å². The monoisotopic (exact) mass is 340 g/mol. The van der Waals surface area contributed by atoms with Gasteiger partial charge in [-0.15, -0.1) is 0 Å². The maximum Gasteiger partial charge on any atom is 0.0550 e. The van der Waals surface area contributed by atoms with E-state index in [1.165, 1.54) is 59.8 Å². The van der Waals surface area contributed by atoms with Crippen molar-refractivity contribution in [2.24, 2.45) is 11.8 Å². The molecule has 3 heteroatoms. The Morgan fingerprint density at radius 3 is 3.04 bits per heavy atom. The second kappa shape index (κ2) is 7.37. The van der Waals surface area contributed by atoms with Gasteiger partial charge in [0.1, 0.15) is 0 Å². The lowest BCUT2D eigenvalue weighted by molar-refractivity contribution is 0.473. The highest BCUT2D eigenvalue weighted by molar-refractivity contribution is 8.03. The highest BCUT2D eigenvalue weighted by Gasteiger charge is 2.25. The Hall–Kier alpha value is -1.19. The van der Waals surface area contributed by atoms with Crippen molar-refractivity contribution in [2.45, 2.75) is 43.9 Å². The molecule has 2 aliphatic carbocycles. The average molecular weight is 341 g/mol. The molecule has 0 bridgehead atoms. The largest absolute Gasteiger partial charge is 0.342 e. The van der Waals surface area contributed by atoms with E-state index in [-0.39, 0.29) is 0 Å². The van der Waals surface area contributed by atoms with Crippen LogP contribution in [0.15, 0.2) is 51.9 Å². The average Bonchev–Trinajstić information content (AvgIpc) is 3.03. The first-order valence-corrected chi connectivity index (χ1v) is 10.3. The number of hydrogen-bond acceptors (Lipinski definition) is 3. The van der Waals surface area contributed by atoms with Gasteiger partial charge in [-0.3, -0.25) is 0 Å². The fourth-order valence-corrected chi connectivity index (χ4v) is 5.44. The summed E-state index contributed by atoms with van der Waals surface area (Å²) in [5.41, 5.74) is 2.92. The molecule has 1 fully saturated rings. The van der Waals surface area contributed by atoms with E-state index in [1.54, 1.807) is 0 Å². The van der Waals surface area contributed by atoms with E-state index in [1.807, 2.05) is 11.8 Å². The maximum absolute atomic E-state index is 3.73. The summed E-state index contributed by atoms with van der Waals surface area (Å²) >= 11 is 1.94. The van der Waals surface area contributed by atoms with Crippen LogP contribution in [0.25, 0.3) is 0 Å². The topological polar surface area (TPSA) is 15.3 Å². The SMILES string of the molecule is CC1CCC(CNCCN2C3=C(C=CCC3)Sc3ccccc32)C1. The number of rotatable bonds is 5. The van der Waals surface area contributed by atoms with Gasteiger partial charge in [0.05, 0.1) is 5.69 Å². The standard InChI is InChI=1S/C21H28N2S/c1-16-10-11-17(14-16)15-22-12-13-23-18-6-2-4-8-20(18)24-21-9-5-3-7-19(21)23/h2,4-6,8-9,16-17,22H,3,7,10-15H2,1H3. The zero-order valence-electron chi connectivity index (χ0n) is 14.6. The van der Waals surface area contributed by atoms with Gasteiger partial charge in [0.15, 0.2) is 0 Å². The second-order valence-electron chi connectivity index (χ2n) is 7.46. The highest BCUT2D eigenvalue weighted by Crippen LogP contribution is 2.46. The summed E-state index contributed by atoms with van der Waals surface area (Å²) in [7, 11) is 0. The van der Waals surface area contributed by atoms with Gasteiger partial charge >= 0.3 is 0 Å². The third-order valence-corrected chi connectivity index (χ3v) is 6.71. The number of allylic oxidation sites excluding steroid dienone is 3. The molecule has 0 saturated heterocycles. The van der Waals surface area contributed by atoms with Crippen LogP contribution in [-0.2, 0) is 0 Å². The van der Waals surface area contributed by atoms with Crippen LogP contribution in [0, 0.1) is 11.8 Å². The van der Waals surface area contributed by atoms with E-state index >= 15 is 0 Å². The van der Waals surface area contributed by atoms with Crippen LogP contribution in [-0.4, -0.2) is 19.6 Å². The summed E-state index contributed by atoms with van der Waals surface area (Å²) in [5, 5.41) is 3.73. The molecule has 0 aromatic heterocycles. The first-order valence-electron chi connectivity index (χ1n) is 9.46. The quantitative estimate of drug-likeness (QED) is 0.743. The van der Waals surface area contributed by atoms with Crippen molar-refractivity contribution in [3.8, 4) is 0 Å². The normalized spacial score (nSPS) is 25.8. The highest BCUT2D eigenvalue weighted by atomic mass is 32.2. The number of nitrogens with zero attached hydrogens (tertiary/aromatic N) is 1. The van der Waals surface area contributed by atoms with Crippen LogP contribution in [0.2, 0.25) is 0 Å². The first-order chi connectivity index (χ1) is 11.8. The summed E-state index contributed by atoms with van der Waals surface area (Å²) in [6.07, 6.45) is 11.2. The smallest absolute Gasteiger partial charge is 0.0550 e. The van der Waals surface area contributed by atoms with Crippen molar-refractivity contribution in [3.63, 3.8) is 0 Å². The third-order valence-electron chi connectivity index (χ3n) is 5.55. The molecule has 2 atom stereocenters. The van der Waals surface area contributed by atoms with Crippen molar-refractivity contribution in [1.29, 1.82) is 0 Å². The van der Waals surface area contributed by atoms with E-state index < -0.39 is 0 Å². The first kappa shape index (κ1) is 16.3. The minimum Gasteiger partial charge on any atom is -0.342 e. The molecule has 4 rings (SSSR count). The minimum absolute atomic E-state index is 0.900. The number of para-hydroxylation sites is 1. The molecule has 24 heavy (non-hydrogen) atoms. The van der Waals surface area contributed by atoms with Gasteiger partial charge in [0.25, 0.3) is 0 Å². The van der Waals surface area contributed by atoms with Crippen LogP contribution in [0.1, 0.15) is 39.0 Å². The van der Waals surface area contributed by atoms with Gasteiger partial charge in [-0.2, -0.15) is 0 Å². The Balaban J connectivity index is 1.41. The molecule has 1 aromatic rings. The molecule has 1 heterocycles. The van der Waals surface area contributed by atoms with E-state index in [0.717, 1.165) is 24.9 Å². The Morgan fingerprint density at radius 2 is 2.17 bits per heavy atom. The zero-order valence-corrected chi connectivity index (χ0v) is 15.4. The Morgan fingerprint density at radius 1 is 1.25 bits per heavy atom. The van der Waals surface area contributed by atoms with Crippen molar-refractivity contribution >= 4 is 17.4 Å². The Kier molecular flexibility index (Phi) is 5.00. The van der Waals surface area contributed by atoms with Crippen LogP contribution in [0.4, 0.5) is 5.69 Å². The molecule has 1 N–H and O–H groups in total. The summed E-state index contributed by atoms with van der Waals surface area (Å²) in [6, 6.07) is 8.86. The lowest BCUT2D eigenvalue weighted by Gasteiger charge is -2.36. The maximum atomic E-state index is 3.73. The lowest BCUT2D eigenvalue weighted by atomic mass is 10.1. The summed E-state index contributed by atoms with van der Waals surface area (Å²) in [6.45, 7) is 5.74. The molecule has 3 aliphatic rings.